The van der Waals surface area contributed by atoms with Crippen LogP contribution in [0.1, 0.15) is 6.42 Å². The van der Waals surface area contributed by atoms with Gasteiger partial charge in [-0.2, -0.15) is 8.42 Å². The van der Waals surface area contributed by atoms with E-state index in [9.17, 15) is 25.3 Å². The van der Waals surface area contributed by atoms with Crippen LogP contribution >= 0.6 is 0 Å². The quantitative estimate of drug-likeness (QED) is 0.416. The third-order valence-corrected chi connectivity index (χ3v) is 5.19. The third-order valence-electron chi connectivity index (χ3n) is 2.32. The molecular weight excluding hydrogens is 356 g/mol. The Morgan fingerprint density at radius 2 is 1.73 bits per heavy atom. The predicted molar refractivity (Wildman–Crippen MR) is 81.1 cm³/mol. The van der Waals surface area contributed by atoms with Gasteiger partial charge in [-0.25, -0.2) is 21.6 Å². The van der Waals surface area contributed by atoms with Crippen molar-refractivity contribution in [3.8, 4) is 0 Å². The van der Waals surface area contributed by atoms with Gasteiger partial charge in [0.15, 0.2) is 0 Å². The molecule has 22 heavy (non-hydrogen) atoms. The molecule has 0 amide bonds. The van der Waals surface area contributed by atoms with Gasteiger partial charge in [0, 0.05) is 12.2 Å². The molecule has 1 aromatic carbocycles. The van der Waals surface area contributed by atoms with Crippen molar-refractivity contribution in [3.63, 3.8) is 0 Å². The Morgan fingerprint density at radius 3 is 2.27 bits per heavy atom. The molecule has 0 aliphatic rings. The summed E-state index contributed by atoms with van der Waals surface area (Å²) in [5.41, 5.74) is 0.0864. The number of rotatable bonds is 8. The molecule has 0 spiro atoms. The molecule has 0 atom stereocenters. The largest absolute Gasteiger partial charge is 0.286 e. The van der Waals surface area contributed by atoms with Gasteiger partial charge in [0.05, 0.1) is 16.9 Å². The second-order valence-electron chi connectivity index (χ2n) is 4.44. The standard InChI is InChI=1S/C10H16N2O7S3/c1-20(13,14)12-9-4-2-5-10(8-9)22(18,19)11-6-3-7-21(15,16)17/h2,4-5,8,11-12H,3,6-7H2,1H3,(H,15,16,17). The van der Waals surface area contributed by atoms with Crippen LogP contribution in [-0.2, 0) is 30.2 Å². The normalized spacial score (nSPS) is 13.0. The van der Waals surface area contributed by atoms with Crippen molar-refractivity contribution >= 4 is 35.9 Å². The zero-order valence-corrected chi connectivity index (χ0v) is 14.0. The van der Waals surface area contributed by atoms with Crippen LogP contribution in [0.4, 0.5) is 5.69 Å². The Balaban J connectivity index is 2.79. The van der Waals surface area contributed by atoms with Gasteiger partial charge in [0.2, 0.25) is 20.0 Å². The number of hydrogen-bond acceptors (Lipinski definition) is 6. The van der Waals surface area contributed by atoms with E-state index in [1.165, 1.54) is 18.2 Å². The van der Waals surface area contributed by atoms with Crippen LogP contribution in [-0.4, -0.2) is 48.4 Å². The maximum Gasteiger partial charge on any atom is 0.264 e. The molecule has 0 radical (unpaired) electrons. The van der Waals surface area contributed by atoms with E-state index >= 15 is 0 Å². The van der Waals surface area contributed by atoms with Crippen molar-refractivity contribution in [2.24, 2.45) is 0 Å². The SMILES string of the molecule is CS(=O)(=O)Nc1cccc(S(=O)(=O)NCCCS(=O)(=O)O)c1. The predicted octanol–water partition coefficient (Wildman–Crippen LogP) is -0.386. The zero-order chi connectivity index (χ0) is 17.0. The maximum absolute atomic E-state index is 12.0. The van der Waals surface area contributed by atoms with Crippen LogP contribution in [0.15, 0.2) is 29.2 Å². The molecule has 0 aliphatic heterocycles. The second-order valence-corrected chi connectivity index (χ2v) is 9.53. The first-order valence-corrected chi connectivity index (χ1v) is 10.9. The summed E-state index contributed by atoms with van der Waals surface area (Å²) in [5.74, 6) is -0.564. The van der Waals surface area contributed by atoms with Crippen LogP contribution in [0.25, 0.3) is 0 Å². The fraction of sp³-hybridized carbons (Fsp3) is 0.400. The molecule has 1 rings (SSSR count). The minimum Gasteiger partial charge on any atom is -0.286 e. The number of anilines is 1. The van der Waals surface area contributed by atoms with E-state index in [2.05, 4.69) is 9.44 Å². The van der Waals surface area contributed by atoms with Crippen LogP contribution < -0.4 is 9.44 Å². The van der Waals surface area contributed by atoms with Crippen molar-refractivity contribution in [3.05, 3.63) is 24.3 Å². The highest BCUT2D eigenvalue weighted by Crippen LogP contribution is 2.16. The van der Waals surface area contributed by atoms with E-state index in [0.717, 1.165) is 12.3 Å². The monoisotopic (exact) mass is 372 g/mol. The van der Waals surface area contributed by atoms with Crippen molar-refractivity contribution in [2.75, 3.05) is 23.3 Å². The molecule has 0 heterocycles. The number of nitrogens with one attached hydrogen (secondary N) is 2. The molecule has 0 bridgehead atoms. The smallest absolute Gasteiger partial charge is 0.264 e. The summed E-state index contributed by atoms with van der Waals surface area (Å²) < 4.78 is 80.0. The summed E-state index contributed by atoms with van der Waals surface area (Å²) in [6, 6.07) is 5.14. The van der Waals surface area contributed by atoms with Gasteiger partial charge in [-0.1, -0.05) is 6.07 Å². The van der Waals surface area contributed by atoms with Crippen molar-refractivity contribution in [1.82, 2.24) is 4.72 Å². The Labute approximate surface area is 129 Å². The number of benzene rings is 1. The number of sulfonamides is 2. The molecule has 0 aliphatic carbocycles. The van der Waals surface area contributed by atoms with E-state index in [-0.39, 0.29) is 23.5 Å². The first-order chi connectivity index (χ1) is 9.89. The minimum absolute atomic E-state index is 0.0864. The Hall–Kier alpha value is -1.21. The summed E-state index contributed by atoms with van der Waals surface area (Å²) in [5, 5.41) is 0. The Morgan fingerprint density at radius 1 is 1.09 bits per heavy atom. The van der Waals surface area contributed by atoms with E-state index in [1.807, 2.05) is 0 Å². The molecule has 12 heteroatoms. The van der Waals surface area contributed by atoms with Gasteiger partial charge in [0.25, 0.3) is 10.1 Å². The lowest BCUT2D eigenvalue weighted by molar-refractivity contribution is 0.480. The molecular formula is C10H16N2O7S3. The highest BCUT2D eigenvalue weighted by atomic mass is 32.2. The molecule has 0 aromatic heterocycles. The first-order valence-electron chi connectivity index (χ1n) is 5.92. The van der Waals surface area contributed by atoms with Gasteiger partial charge in [0.1, 0.15) is 0 Å². The van der Waals surface area contributed by atoms with Gasteiger partial charge in [-0.05, 0) is 24.6 Å². The van der Waals surface area contributed by atoms with Gasteiger partial charge in [-0.15, -0.1) is 0 Å². The van der Waals surface area contributed by atoms with Crippen LogP contribution in [0, 0.1) is 0 Å². The van der Waals surface area contributed by atoms with Crippen LogP contribution in [0.5, 0.6) is 0 Å². The van der Waals surface area contributed by atoms with Crippen molar-refractivity contribution in [1.29, 1.82) is 0 Å². The van der Waals surface area contributed by atoms with Gasteiger partial charge >= 0.3 is 0 Å². The molecule has 126 valence electrons. The first kappa shape index (κ1) is 18.8. The summed E-state index contributed by atoms with van der Waals surface area (Å²) in [6.07, 6.45) is 0.834. The lowest BCUT2D eigenvalue weighted by Crippen LogP contribution is -2.26. The van der Waals surface area contributed by atoms with Crippen LogP contribution in [0.3, 0.4) is 0 Å². The summed E-state index contributed by atoms with van der Waals surface area (Å²) in [4.78, 5) is -0.173. The fourth-order valence-electron chi connectivity index (χ4n) is 1.49. The summed E-state index contributed by atoms with van der Waals surface area (Å²) in [7, 11) is -11.6. The van der Waals surface area contributed by atoms with Gasteiger partial charge in [-0.3, -0.25) is 9.27 Å². The van der Waals surface area contributed by atoms with E-state index in [1.54, 1.807) is 0 Å². The average Bonchev–Trinajstić information content (AvgIpc) is 2.32. The van der Waals surface area contributed by atoms with Crippen molar-refractivity contribution in [2.45, 2.75) is 11.3 Å². The zero-order valence-electron chi connectivity index (χ0n) is 11.6. The second kappa shape index (κ2) is 6.91. The molecule has 9 nitrogen and oxygen atoms in total. The third kappa shape index (κ3) is 7.17. The fourth-order valence-corrected chi connectivity index (χ4v) is 3.67. The lowest BCUT2D eigenvalue weighted by Gasteiger charge is -2.09. The topological polar surface area (TPSA) is 147 Å². The van der Waals surface area contributed by atoms with E-state index in [0.29, 0.717) is 0 Å². The molecule has 3 N–H and O–H groups in total. The summed E-state index contributed by atoms with van der Waals surface area (Å²) >= 11 is 0. The van der Waals surface area contributed by atoms with Gasteiger partial charge < -0.3 is 0 Å². The molecule has 0 unspecified atom stereocenters. The molecule has 0 saturated heterocycles. The van der Waals surface area contributed by atoms with Crippen LogP contribution in [0.2, 0.25) is 0 Å². The van der Waals surface area contributed by atoms with Crippen molar-refractivity contribution < 1.29 is 29.8 Å². The summed E-state index contributed by atoms with van der Waals surface area (Å²) in [6.45, 7) is -0.189. The maximum atomic E-state index is 12.0. The Kier molecular flexibility index (Phi) is 5.92. The van der Waals surface area contributed by atoms with E-state index < -0.39 is 35.9 Å². The highest BCUT2D eigenvalue weighted by Gasteiger charge is 2.15. The highest BCUT2D eigenvalue weighted by molar-refractivity contribution is 7.92. The van der Waals surface area contributed by atoms with E-state index in [4.69, 9.17) is 4.55 Å². The molecule has 0 fully saturated rings. The Bertz CT molecular complexity index is 829. The average molecular weight is 372 g/mol. The molecule has 1 aromatic rings. The number of hydrogen-bond donors (Lipinski definition) is 3. The minimum atomic E-state index is -4.15. The molecule has 0 saturated carbocycles. The lowest BCUT2D eigenvalue weighted by atomic mass is 10.3.